The monoisotopic (exact) mass is 415 g/mol. The van der Waals surface area contributed by atoms with Crippen molar-refractivity contribution in [1.29, 1.82) is 0 Å². The molecule has 154 valence electrons. The van der Waals surface area contributed by atoms with Gasteiger partial charge in [0.2, 0.25) is 5.89 Å². The van der Waals surface area contributed by atoms with Gasteiger partial charge in [0.05, 0.1) is 25.6 Å². The second kappa shape index (κ2) is 7.21. The van der Waals surface area contributed by atoms with Crippen molar-refractivity contribution >= 4 is 22.1 Å². The van der Waals surface area contributed by atoms with Gasteiger partial charge in [-0.15, -0.1) is 5.10 Å². The minimum absolute atomic E-state index is 0.186. The number of hydrogen-bond acceptors (Lipinski definition) is 8. The fourth-order valence-corrected chi connectivity index (χ4v) is 3.41. The van der Waals surface area contributed by atoms with Crippen LogP contribution in [-0.4, -0.2) is 39.2 Å². The second-order valence-electron chi connectivity index (χ2n) is 6.83. The molecule has 0 aliphatic rings. The zero-order valence-corrected chi connectivity index (χ0v) is 17.0. The van der Waals surface area contributed by atoms with Crippen molar-refractivity contribution in [3.63, 3.8) is 0 Å². The smallest absolute Gasteiger partial charge is 0.349 e. The fraction of sp³-hybridized carbons (Fsp3) is 0.136. The van der Waals surface area contributed by atoms with Gasteiger partial charge >= 0.3 is 5.63 Å². The number of aromatic nitrogens is 5. The Balaban J connectivity index is 1.73. The van der Waals surface area contributed by atoms with Crippen molar-refractivity contribution in [3.8, 4) is 28.6 Å². The highest BCUT2D eigenvalue weighted by Gasteiger charge is 2.19. The van der Waals surface area contributed by atoms with Crippen LogP contribution in [0, 0.1) is 6.92 Å². The first-order chi connectivity index (χ1) is 15.1. The minimum atomic E-state index is -0.526. The lowest BCUT2D eigenvalue weighted by atomic mass is 10.2. The summed E-state index contributed by atoms with van der Waals surface area (Å²) in [6.07, 6.45) is 0. The van der Waals surface area contributed by atoms with E-state index >= 15 is 0 Å². The maximum atomic E-state index is 12.8. The van der Waals surface area contributed by atoms with Crippen molar-refractivity contribution in [2.75, 3.05) is 14.2 Å². The largest absolute Gasteiger partial charge is 0.497 e. The Hall–Kier alpha value is -4.27. The summed E-state index contributed by atoms with van der Waals surface area (Å²) in [6.45, 7) is 1.73. The van der Waals surface area contributed by atoms with Crippen LogP contribution < -0.4 is 15.1 Å². The van der Waals surface area contributed by atoms with E-state index in [0.29, 0.717) is 33.7 Å². The molecule has 0 spiro atoms. The third-order valence-electron chi connectivity index (χ3n) is 5.00. The van der Waals surface area contributed by atoms with Crippen LogP contribution >= 0.6 is 0 Å². The number of methoxy groups -OCH3 is 2. The number of pyridine rings is 1. The SMILES string of the molecule is COc1ccc(-c2nc3c(c(C)nc4c3nnn4-c3ccc(OC)cc3)c(=O)o2)cc1. The summed E-state index contributed by atoms with van der Waals surface area (Å²) in [5, 5.41) is 8.79. The first-order valence-electron chi connectivity index (χ1n) is 9.45. The van der Waals surface area contributed by atoms with Crippen molar-refractivity contribution in [3.05, 3.63) is 64.6 Å². The molecule has 0 fully saturated rings. The summed E-state index contributed by atoms with van der Waals surface area (Å²) >= 11 is 0. The number of benzene rings is 2. The highest BCUT2D eigenvalue weighted by atomic mass is 16.5. The summed E-state index contributed by atoms with van der Waals surface area (Å²) in [7, 11) is 3.19. The van der Waals surface area contributed by atoms with Crippen molar-refractivity contribution in [1.82, 2.24) is 25.0 Å². The molecule has 0 saturated heterocycles. The molecule has 31 heavy (non-hydrogen) atoms. The third-order valence-corrected chi connectivity index (χ3v) is 5.00. The number of ether oxygens (including phenoxy) is 2. The quantitative estimate of drug-likeness (QED) is 0.440. The van der Waals surface area contributed by atoms with E-state index in [1.807, 2.05) is 24.3 Å². The number of fused-ring (bicyclic) bond motifs is 3. The van der Waals surface area contributed by atoms with Crippen molar-refractivity contribution in [2.45, 2.75) is 6.92 Å². The molecule has 0 atom stereocenters. The summed E-state index contributed by atoms with van der Waals surface area (Å²) in [6, 6.07) is 14.4. The van der Waals surface area contributed by atoms with Gasteiger partial charge in [-0.25, -0.2) is 14.8 Å². The van der Waals surface area contributed by atoms with Crippen molar-refractivity contribution < 1.29 is 13.9 Å². The third kappa shape index (κ3) is 3.07. The summed E-state index contributed by atoms with van der Waals surface area (Å²) in [5.74, 6) is 1.61. The molecule has 3 heterocycles. The molecule has 0 amide bonds. The molecule has 0 aliphatic carbocycles. The van der Waals surface area contributed by atoms with Gasteiger partial charge in [0.25, 0.3) is 0 Å². The van der Waals surface area contributed by atoms with Gasteiger partial charge in [0.15, 0.2) is 11.2 Å². The van der Waals surface area contributed by atoms with E-state index < -0.39 is 5.63 Å². The predicted octanol–water partition coefficient (Wildman–Crippen LogP) is 3.31. The zero-order valence-electron chi connectivity index (χ0n) is 17.0. The Morgan fingerprint density at radius 2 is 1.52 bits per heavy atom. The topological polar surface area (TPSA) is 105 Å². The van der Waals surface area contributed by atoms with Gasteiger partial charge in [0.1, 0.15) is 22.4 Å². The van der Waals surface area contributed by atoms with Crippen LogP contribution in [0.2, 0.25) is 0 Å². The molecule has 2 aromatic carbocycles. The fourth-order valence-electron chi connectivity index (χ4n) is 3.41. The Morgan fingerprint density at radius 3 is 2.16 bits per heavy atom. The van der Waals surface area contributed by atoms with Crippen LogP contribution in [0.25, 0.3) is 39.2 Å². The Labute approximate surface area is 175 Å². The average Bonchev–Trinajstić information content (AvgIpc) is 3.22. The Kier molecular flexibility index (Phi) is 4.36. The lowest BCUT2D eigenvalue weighted by Crippen LogP contribution is -2.07. The number of aryl methyl sites for hydroxylation is 1. The predicted molar refractivity (Wildman–Crippen MR) is 114 cm³/mol. The van der Waals surface area contributed by atoms with E-state index in [1.165, 1.54) is 0 Å². The molecule has 5 aromatic rings. The Bertz CT molecular complexity index is 1470. The van der Waals surface area contributed by atoms with Crippen LogP contribution in [0.5, 0.6) is 11.5 Å². The summed E-state index contributed by atoms with van der Waals surface area (Å²) < 4.78 is 17.5. The van der Waals surface area contributed by atoms with Crippen LogP contribution in [0.4, 0.5) is 0 Å². The normalized spacial score (nSPS) is 11.2. The van der Waals surface area contributed by atoms with Gasteiger partial charge < -0.3 is 13.9 Å². The highest BCUT2D eigenvalue weighted by molar-refractivity contribution is 6.00. The van der Waals surface area contributed by atoms with E-state index in [-0.39, 0.29) is 11.3 Å². The van der Waals surface area contributed by atoms with E-state index in [0.717, 1.165) is 11.4 Å². The van der Waals surface area contributed by atoms with E-state index in [2.05, 4.69) is 20.3 Å². The van der Waals surface area contributed by atoms with Gasteiger partial charge in [-0.3, -0.25) is 0 Å². The van der Waals surface area contributed by atoms with Gasteiger partial charge in [-0.1, -0.05) is 5.21 Å². The van der Waals surface area contributed by atoms with E-state index in [9.17, 15) is 4.79 Å². The molecule has 5 rings (SSSR count). The van der Waals surface area contributed by atoms with E-state index in [1.54, 1.807) is 50.1 Å². The van der Waals surface area contributed by atoms with Crippen LogP contribution in [0.15, 0.2) is 57.7 Å². The average molecular weight is 415 g/mol. The first kappa shape index (κ1) is 18.7. The highest BCUT2D eigenvalue weighted by Crippen LogP contribution is 2.27. The minimum Gasteiger partial charge on any atom is -0.497 e. The van der Waals surface area contributed by atoms with Gasteiger partial charge in [0, 0.05) is 5.56 Å². The molecule has 0 saturated carbocycles. The maximum absolute atomic E-state index is 12.8. The molecular formula is C22H17N5O4. The number of nitrogens with zero attached hydrogens (tertiary/aromatic N) is 5. The van der Waals surface area contributed by atoms with Gasteiger partial charge in [-0.05, 0) is 55.5 Å². The van der Waals surface area contributed by atoms with Crippen LogP contribution in [-0.2, 0) is 0 Å². The van der Waals surface area contributed by atoms with Crippen LogP contribution in [0.3, 0.4) is 0 Å². The Morgan fingerprint density at radius 1 is 0.871 bits per heavy atom. The zero-order chi connectivity index (χ0) is 21.5. The summed E-state index contributed by atoms with van der Waals surface area (Å²) in [5.41, 5.74) is 2.67. The maximum Gasteiger partial charge on any atom is 0.349 e. The molecule has 0 radical (unpaired) electrons. The van der Waals surface area contributed by atoms with Gasteiger partial charge in [-0.2, -0.15) is 4.68 Å². The number of hydrogen-bond donors (Lipinski definition) is 0. The molecule has 9 nitrogen and oxygen atoms in total. The molecule has 9 heteroatoms. The standard InChI is InChI=1S/C22H17N5O4/c1-12-17-18(24-21(31-22(17)28)13-4-8-15(29-2)9-5-13)19-20(23-12)27(26-25-19)14-6-10-16(30-3)11-7-14/h4-11H,1-3H3. The number of rotatable bonds is 4. The van der Waals surface area contributed by atoms with Crippen molar-refractivity contribution in [2.24, 2.45) is 0 Å². The molecule has 3 aromatic heterocycles. The van der Waals surface area contributed by atoms with E-state index in [4.69, 9.17) is 13.9 Å². The second-order valence-corrected chi connectivity index (χ2v) is 6.83. The first-order valence-corrected chi connectivity index (χ1v) is 9.45. The molecular weight excluding hydrogens is 398 g/mol. The molecule has 0 bridgehead atoms. The molecule has 0 N–H and O–H groups in total. The van der Waals surface area contributed by atoms with Crippen LogP contribution in [0.1, 0.15) is 5.69 Å². The lowest BCUT2D eigenvalue weighted by Gasteiger charge is -2.06. The lowest BCUT2D eigenvalue weighted by molar-refractivity contribution is 0.414. The molecule has 0 aliphatic heterocycles. The summed E-state index contributed by atoms with van der Waals surface area (Å²) in [4.78, 5) is 21.9. The molecule has 0 unspecified atom stereocenters.